The summed E-state index contributed by atoms with van der Waals surface area (Å²) >= 11 is 0. The number of hydrogen-bond acceptors (Lipinski definition) is 5. The van der Waals surface area contributed by atoms with E-state index in [9.17, 15) is 17.6 Å². The SMILES string of the molecule is CCC(Oc1ccc(OC)cc1)C(=O)Nc1ccc(S(=O)(=O)Nc2ccc(F)cc2)cc1. The van der Waals surface area contributed by atoms with Crippen molar-refractivity contribution in [3.05, 3.63) is 78.6 Å². The van der Waals surface area contributed by atoms with E-state index >= 15 is 0 Å². The van der Waals surface area contributed by atoms with Crippen molar-refractivity contribution in [1.29, 1.82) is 0 Å². The maximum absolute atomic E-state index is 13.0. The van der Waals surface area contributed by atoms with Crippen LogP contribution in [0, 0.1) is 5.82 Å². The highest BCUT2D eigenvalue weighted by Crippen LogP contribution is 2.21. The number of halogens is 1. The first kappa shape index (κ1) is 23.1. The van der Waals surface area contributed by atoms with Crippen molar-refractivity contribution in [2.45, 2.75) is 24.3 Å². The normalized spacial score (nSPS) is 12.0. The standard InChI is InChI=1S/C23H23FN2O5S/c1-3-22(31-20-12-10-19(30-2)11-13-20)23(27)25-17-8-14-21(15-9-17)32(28,29)26-18-6-4-16(24)5-7-18/h4-15,22,26H,3H2,1-2H3,(H,25,27). The Hall–Kier alpha value is -3.59. The number of sulfonamides is 1. The molecule has 0 radical (unpaired) electrons. The van der Waals surface area contributed by atoms with E-state index in [-0.39, 0.29) is 16.5 Å². The smallest absolute Gasteiger partial charge is 0.265 e. The molecule has 0 bridgehead atoms. The van der Waals surface area contributed by atoms with Crippen LogP contribution in [-0.2, 0) is 14.8 Å². The fourth-order valence-corrected chi connectivity index (χ4v) is 3.87. The van der Waals surface area contributed by atoms with Gasteiger partial charge in [-0.05, 0) is 79.2 Å². The lowest BCUT2D eigenvalue weighted by Crippen LogP contribution is -2.32. The summed E-state index contributed by atoms with van der Waals surface area (Å²) in [5.74, 6) is 0.387. The first-order chi connectivity index (χ1) is 15.3. The van der Waals surface area contributed by atoms with Crippen LogP contribution in [0.4, 0.5) is 15.8 Å². The third-order valence-electron chi connectivity index (χ3n) is 4.53. The molecule has 9 heteroatoms. The molecule has 0 aliphatic carbocycles. The quantitative estimate of drug-likeness (QED) is 0.495. The van der Waals surface area contributed by atoms with E-state index in [1.54, 1.807) is 31.4 Å². The van der Waals surface area contributed by atoms with Gasteiger partial charge >= 0.3 is 0 Å². The number of methoxy groups -OCH3 is 1. The van der Waals surface area contributed by atoms with E-state index in [0.717, 1.165) is 12.1 Å². The van der Waals surface area contributed by atoms with Crippen LogP contribution >= 0.6 is 0 Å². The van der Waals surface area contributed by atoms with E-state index in [0.29, 0.717) is 23.6 Å². The van der Waals surface area contributed by atoms with Crippen molar-refractivity contribution < 1.29 is 27.1 Å². The largest absolute Gasteiger partial charge is 0.497 e. The molecule has 7 nitrogen and oxygen atoms in total. The van der Waals surface area contributed by atoms with Gasteiger partial charge in [0.25, 0.3) is 15.9 Å². The van der Waals surface area contributed by atoms with Crippen LogP contribution < -0.4 is 19.5 Å². The lowest BCUT2D eigenvalue weighted by Gasteiger charge is -2.17. The van der Waals surface area contributed by atoms with Gasteiger partial charge in [0.1, 0.15) is 17.3 Å². The minimum Gasteiger partial charge on any atom is -0.497 e. The summed E-state index contributed by atoms with van der Waals surface area (Å²) in [5.41, 5.74) is 0.665. The summed E-state index contributed by atoms with van der Waals surface area (Å²) in [5, 5.41) is 2.72. The van der Waals surface area contributed by atoms with Crippen LogP contribution in [0.1, 0.15) is 13.3 Å². The van der Waals surface area contributed by atoms with Gasteiger partial charge in [-0.1, -0.05) is 6.92 Å². The van der Waals surface area contributed by atoms with Gasteiger partial charge in [0.2, 0.25) is 0 Å². The van der Waals surface area contributed by atoms with Crippen LogP contribution in [0.3, 0.4) is 0 Å². The Bertz CT molecular complexity index is 1150. The Labute approximate surface area is 186 Å². The monoisotopic (exact) mass is 458 g/mol. The van der Waals surface area contributed by atoms with E-state index in [2.05, 4.69) is 10.0 Å². The van der Waals surface area contributed by atoms with Gasteiger partial charge in [0.15, 0.2) is 6.10 Å². The fraction of sp³-hybridized carbons (Fsp3) is 0.174. The molecule has 0 heterocycles. The number of hydrogen-bond donors (Lipinski definition) is 2. The third-order valence-corrected chi connectivity index (χ3v) is 5.93. The Morgan fingerprint density at radius 1 is 0.906 bits per heavy atom. The second kappa shape index (κ2) is 10.1. The highest BCUT2D eigenvalue weighted by Gasteiger charge is 2.19. The first-order valence-electron chi connectivity index (χ1n) is 9.81. The molecule has 2 N–H and O–H groups in total. The van der Waals surface area contributed by atoms with Crippen molar-refractivity contribution in [3.8, 4) is 11.5 Å². The van der Waals surface area contributed by atoms with Crippen LogP contribution in [0.25, 0.3) is 0 Å². The molecular weight excluding hydrogens is 435 g/mol. The maximum Gasteiger partial charge on any atom is 0.265 e. The summed E-state index contributed by atoms with van der Waals surface area (Å²) in [6, 6.07) is 17.6. The number of rotatable bonds is 9. The molecule has 0 aliphatic heterocycles. The van der Waals surface area contributed by atoms with Crippen LogP contribution in [0.2, 0.25) is 0 Å². The average molecular weight is 459 g/mol. The van der Waals surface area contributed by atoms with E-state index in [4.69, 9.17) is 9.47 Å². The summed E-state index contributed by atoms with van der Waals surface area (Å²) in [7, 11) is -2.30. The Kier molecular flexibility index (Phi) is 7.32. The molecule has 3 aromatic rings. The minimum absolute atomic E-state index is 0.00125. The van der Waals surface area contributed by atoms with Crippen LogP contribution in [-0.4, -0.2) is 27.5 Å². The Balaban J connectivity index is 1.64. The molecule has 0 aliphatic rings. The molecule has 3 rings (SSSR count). The third kappa shape index (κ3) is 5.98. The summed E-state index contributed by atoms with van der Waals surface area (Å²) in [4.78, 5) is 12.6. The second-order valence-corrected chi connectivity index (χ2v) is 8.50. The molecule has 3 aromatic carbocycles. The van der Waals surface area contributed by atoms with Gasteiger partial charge in [0.05, 0.1) is 12.0 Å². The fourth-order valence-electron chi connectivity index (χ4n) is 2.81. The van der Waals surface area contributed by atoms with Crippen molar-refractivity contribution in [2.75, 3.05) is 17.1 Å². The lowest BCUT2D eigenvalue weighted by atomic mass is 10.2. The van der Waals surface area contributed by atoms with E-state index < -0.39 is 21.9 Å². The van der Waals surface area contributed by atoms with Crippen LogP contribution in [0.15, 0.2) is 77.7 Å². The predicted octanol–water partition coefficient (Wildman–Crippen LogP) is 4.43. The molecular formula is C23H23FN2O5S. The molecule has 1 atom stereocenters. The topological polar surface area (TPSA) is 93.7 Å². The molecule has 32 heavy (non-hydrogen) atoms. The highest BCUT2D eigenvalue weighted by atomic mass is 32.2. The van der Waals surface area contributed by atoms with Gasteiger partial charge in [-0.15, -0.1) is 0 Å². The number of nitrogens with one attached hydrogen (secondary N) is 2. The van der Waals surface area contributed by atoms with Gasteiger partial charge in [0, 0.05) is 11.4 Å². The number of ether oxygens (including phenoxy) is 2. The summed E-state index contributed by atoms with van der Waals surface area (Å²) < 4.78 is 51.2. The second-order valence-electron chi connectivity index (χ2n) is 6.82. The molecule has 0 saturated carbocycles. The molecule has 0 saturated heterocycles. The zero-order chi connectivity index (χ0) is 23.1. The van der Waals surface area contributed by atoms with Gasteiger partial charge in [-0.3, -0.25) is 9.52 Å². The van der Waals surface area contributed by atoms with Crippen molar-refractivity contribution >= 4 is 27.3 Å². The number of benzene rings is 3. The summed E-state index contributed by atoms with van der Waals surface area (Å²) in [6.45, 7) is 1.82. The van der Waals surface area contributed by atoms with Gasteiger partial charge < -0.3 is 14.8 Å². The summed E-state index contributed by atoms with van der Waals surface area (Å²) in [6.07, 6.45) is -0.293. The Morgan fingerprint density at radius 2 is 1.47 bits per heavy atom. The molecule has 1 unspecified atom stereocenters. The zero-order valence-corrected chi connectivity index (χ0v) is 18.4. The number of amides is 1. The van der Waals surface area contributed by atoms with Gasteiger partial charge in [-0.25, -0.2) is 12.8 Å². The number of carbonyl (C=O) groups is 1. The minimum atomic E-state index is -3.86. The van der Waals surface area contributed by atoms with E-state index in [1.807, 2.05) is 6.92 Å². The molecule has 0 fully saturated rings. The highest BCUT2D eigenvalue weighted by molar-refractivity contribution is 7.92. The van der Waals surface area contributed by atoms with Gasteiger partial charge in [-0.2, -0.15) is 0 Å². The van der Waals surface area contributed by atoms with Crippen molar-refractivity contribution in [2.24, 2.45) is 0 Å². The molecule has 0 spiro atoms. The predicted molar refractivity (Wildman–Crippen MR) is 120 cm³/mol. The zero-order valence-electron chi connectivity index (χ0n) is 17.5. The number of anilines is 2. The van der Waals surface area contributed by atoms with E-state index in [1.165, 1.54) is 36.4 Å². The van der Waals surface area contributed by atoms with Crippen molar-refractivity contribution in [1.82, 2.24) is 0 Å². The first-order valence-corrected chi connectivity index (χ1v) is 11.3. The molecule has 1 amide bonds. The maximum atomic E-state index is 13.0. The molecule has 168 valence electrons. The lowest BCUT2D eigenvalue weighted by molar-refractivity contribution is -0.122. The Morgan fingerprint density at radius 3 is 2.03 bits per heavy atom. The van der Waals surface area contributed by atoms with Crippen LogP contribution in [0.5, 0.6) is 11.5 Å². The average Bonchev–Trinajstić information content (AvgIpc) is 2.79. The molecule has 0 aromatic heterocycles. The number of carbonyl (C=O) groups excluding carboxylic acids is 1. The van der Waals surface area contributed by atoms with Crippen molar-refractivity contribution in [3.63, 3.8) is 0 Å².